The monoisotopic (exact) mass is 228 g/mol. The molecule has 0 spiro atoms. The summed E-state index contributed by atoms with van der Waals surface area (Å²) in [5.41, 5.74) is 0.243. The first kappa shape index (κ1) is 11.5. The molecule has 5 heteroatoms. The van der Waals surface area contributed by atoms with E-state index in [1.54, 1.807) is 6.07 Å². The van der Waals surface area contributed by atoms with Crippen LogP contribution >= 0.6 is 11.6 Å². The highest BCUT2D eigenvalue weighted by Gasteiger charge is 2.08. The number of aldehydes is 1. The molecule has 0 aliphatic rings. The first-order chi connectivity index (χ1) is 7.21. The summed E-state index contributed by atoms with van der Waals surface area (Å²) in [6.45, 7) is 0. The lowest BCUT2D eigenvalue weighted by Crippen LogP contribution is -2.10. The van der Waals surface area contributed by atoms with Crippen molar-refractivity contribution in [3.05, 3.63) is 23.8 Å². The molecule has 0 N–H and O–H groups in total. The van der Waals surface area contributed by atoms with E-state index in [9.17, 15) is 9.59 Å². The Morgan fingerprint density at radius 1 is 1.53 bits per heavy atom. The van der Waals surface area contributed by atoms with Gasteiger partial charge in [-0.05, 0) is 18.2 Å². The molecule has 0 radical (unpaired) electrons. The number of hydrogen-bond donors (Lipinski definition) is 0. The smallest absolute Gasteiger partial charge is 0.326 e. The highest BCUT2D eigenvalue weighted by atomic mass is 35.5. The molecular weight excluding hydrogens is 220 g/mol. The first-order valence-corrected chi connectivity index (χ1v) is 4.64. The summed E-state index contributed by atoms with van der Waals surface area (Å²) >= 11 is 5.27. The van der Waals surface area contributed by atoms with Crippen molar-refractivity contribution in [1.29, 1.82) is 0 Å². The molecule has 0 aliphatic carbocycles. The lowest BCUT2D eigenvalue weighted by Gasteiger charge is -2.06. The predicted octanol–water partition coefficient (Wildman–Crippen LogP) is 1.65. The average molecular weight is 229 g/mol. The van der Waals surface area contributed by atoms with Gasteiger partial charge in [0.25, 0.3) is 0 Å². The fourth-order valence-corrected chi connectivity index (χ4v) is 1.04. The third-order valence-corrected chi connectivity index (χ3v) is 1.90. The van der Waals surface area contributed by atoms with E-state index in [4.69, 9.17) is 21.1 Å². The molecule has 0 saturated carbocycles. The number of esters is 1. The summed E-state index contributed by atoms with van der Waals surface area (Å²) in [6.07, 6.45) is 0.583. The third-order valence-electron chi connectivity index (χ3n) is 1.68. The molecule has 4 nitrogen and oxygen atoms in total. The van der Waals surface area contributed by atoms with Crippen molar-refractivity contribution < 1.29 is 19.1 Å². The van der Waals surface area contributed by atoms with E-state index in [-0.39, 0.29) is 17.2 Å². The van der Waals surface area contributed by atoms with E-state index in [0.29, 0.717) is 12.0 Å². The van der Waals surface area contributed by atoms with Crippen LogP contribution in [0.15, 0.2) is 18.2 Å². The fourth-order valence-electron chi connectivity index (χ4n) is 0.988. The van der Waals surface area contributed by atoms with E-state index in [0.717, 1.165) is 0 Å². The maximum absolute atomic E-state index is 10.9. The van der Waals surface area contributed by atoms with Crippen molar-refractivity contribution in [3.63, 3.8) is 0 Å². The molecular formula is C10H9ClO4. The van der Waals surface area contributed by atoms with Crippen molar-refractivity contribution in [1.82, 2.24) is 0 Å². The standard InChI is InChI=1S/C10H9ClO4/c1-14-8-2-3-9(7(4-8)6-12)15-10(13)5-11/h2-4,6H,5H2,1H3. The molecule has 1 aromatic rings. The lowest BCUT2D eigenvalue weighted by molar-refractivity contribution is -0.131. The Morgan fingerprint density at radius 3 is 2.80 bits per heavy atom. The van der Waals surface area contributed by atoms with Crippen LogP contribution in [0.2, 0.25) is 0 Å². The van der Waals surface area contributed by atoms with Gasteiger partial charge in [-0.15, -0.1) is 11.6 Å². The maximum atomic E-state index is 10.9. The summed E-state index contributed by atoms with van der Waals surface area (Å²) in [4.78, 5) is 21.6. The van der Waals surface area contributed by atoms with Crippen molar-refractivity contribution in [3.8, 4) is 11.5 Å². The molecule has 0 heterocycles. The second-order valence-corrected chi connectivity index (χ2v) is 2.90. The highest BCUT2D eigenvalue weighted by Crippen LogP contribution is 2.22. The van der Waals surface area contributed by atoms with Gasteiger partial charge in [-0.3, -0.25) is 9.59 Å². The summed E-state index contributed by atoms with van der Waals surface area (Å²) in [6, 6.07) is 4.54. The van der Waals surface area contributed by atoms with Crippen molar-refractivity contribution in [2.24, 2.45) is 0 Å². The topological polar surface area (TPSA) is 52.6 Å². The third kappa shape index (κ3) is 2.95. The summed E-state index contributed by atoms with van der Waals surface area (Å²) < 4.78 is 9.74. The van der Waals surface area contributed by atoms with Crippen LogP contribution in [0.1, 0.15) is 10.4 Å². The van der Waals surface area contributed by atoms with Gasteiger partial charge in [0.1, 0.15) is 17.4 Å². The number of benzene rings is 1. The molecule has 0 aliphatic heterocycles. The van der Waals surface area contributed by atoms with Crippen LogP contribution in [-0.2, 0) is 4.79 Å². The van der Waals surface area contributed by atoms with Crippen LogP contribution in [0.5, 0.6) is 11.5 Å². The zero-order valence-corrected chi connectivity index (χ0v) is 8.78. The molecule has 0 atom stereocenters. The Hall–Kier alpha value is -1.55. The molecule has 1 rings (SSSR count). The molecule has 0 amide bonds. The van der Waals surface area contributed by atoms with Gasteiger partial charge in [-0.2, -0.15) is 0 Å². The second-order valence-electron chi connectivity index (χ2n) is 2.63. The number of ether oxygens (including phenoxy) is 2. The summed E-state index contributed by atoms with van der Waals surface area (Å²) in [5, 5.41) is 0. The number of hydrogen-bond acceptors (Lipinski definition) is 4. The highest BCUT2D eigenvalue weighted by molar-refractivity contribution is 6.26. The van der Waals surface area contributed by atoms with Gasteiger partial charge in [0, 0.05) is 0 Å². The van der Waals surface area contributed by atoms with Gasteiger partial charge in [0.05, 0.1) is 12.7 Å². The van der Waals surface area contributed by atoms with E-state index < -0.39 is 5.97 Å². The van der Waals surface area contributed by atoms with Crippen molar-refractivity contribution >= 4 is 23.9 Å². The van der Waals surface area contributed by atoms with Crippen LogP contribution in [0, 0.1) is 0 Å². The Labute approximate surface area is 91.7 Å². The van der Waals surface area contributed by atoms with E-state index in [1.807, 2.05) is 0 Å². The number of methoxy groups -OCH3 is 1. The Balaban J connectivity index is 2.97. The average Bonchev–Trinajstić information content (AvgIpc) is 2.29. The molecule has 0 aromatic heterocycles. The Morgan fingerprint density at radius 2 is 2.27 bits per heavy atom. The normalized spacial score (nSPS) is 9.47. The van der Waals surface area contributed by atoms with E-state index in [1.165, 1.54) is 19.2 Å². The molecule has 0 unspecified atom stereocenters. The molecule has 80 valence electrons. The SMILES string of the molecule is COc1ccc(OC(=O)CCl)c(C=O)c1. The van der Waals surface area contributed by atoms with Crippen LogP contribution in [-0.4, -0.2) is 25.2 Å². The molecule has 15 heavy (non-hydrogen) atoms. The molecule has 0 fully saturated rings. The quantitative estimate of drug-likeness (QED) is 0.340. The number of halogens is 1. The Kier molecular flexibility index (Phi) is 4.12. The van der Waals surface area contributed by atoms with Crippen molar-refractivity contribution in [2.75, 3.05) is 13.0 Å². The summed E-state index contributed by atoms with van der Waals surface area (Å²) in [7, 11) is 1.48. The maximum Gasteiger partial charge on any atom is 0.326 e. The Bertz CT molecular complexity index is 376. The van der Waals surface area contributed by atoms with Gasteiger partial charge in [0.15, 0.2) is 6.29 Å². The van der Waals surface area contributed by atoms with Gasteiger partial charge < -0.3 is 9.47 Å². The first-order valence-electron chi connectivity index (χ1n) is 4.11. The van der Waals surface area contributed by atoms with Gasteiger partial charge in [-0.25, -0.2) is 0 Å². The zero-order valence-electron chi connectivity index (χ0n) is 8.03. The summed E-state index contributed by atoms with van der Waals surface area (Å²) in [5.74, 6) is -0.172. The minimum absolute atomic E-state index is 0.177. The molecule has 0 bridgehead atoms. The minimum atomic E-state index is -0.607. The van der Waals surface area contributed by atoms with Crippen LogP contribution in [0.25, 0.3) is 0 Å². The van der Waals surface area contributed by atoms with E-state index in [2.05, 4.69) is 0 Å². The number of rotatable bonds is 4. The lowest BCUT2D eigenvalue weighted by atomic mass is 10.2. The second kappa shape index (κ2) is 5.36. The van der Waals surface area contributed by atoms with Gasteiger partial charge in [0.2, 0.25) is 0 Å². The van der Waals surface area contributed by atoms with Gasteiger partial charge >= 0.3 is 5.97 Å². The zero-order chi connectivity index (χ0) is 11.3. The molecule has 0 saturated heterocycles. The number of alkyl halides is 1. The fraction of sp³-hybridized carbons (Fsp3) is 0.200. The molecule has 1 aromatic carbocycles. The van der Waals surface area contributed by atoms with Gasteiger partial charge in [-0.1, -0.05) is 0 Å². The van der Waals surface area contributed by atoms with E-state index >= 15 is 0 Å². The van der Waals surface area contributed by atoms with Crippen LogP contribution in [0.3, 0.4) is 0 Å². The minimum Gasteiger partial charge on any atom is -0.497 e. The van der Waals surface area contributed by atoms with Crippen LogP contribution in [0.4, 0.5) is 0 Å². The number of carbonyl (C=O) groups is 2. The largest absolute Gasteiger partial charge is 0.497 e. The number of carbonyl (C=O) groups excluding carboxylic acids is 2. The van der Waals surface area contributed by atoms with Crippen molar-refractivity contribution in [2.45, 2.75) is 0 Å². The predicted molar refractivity (Wildman–Crippen MR) is 54.7 cm³/mol. The van der Waals surface area contributed by atoms with Crippen LogP contribution < -0.4 is 9.47 Å².